The Morgan fingerprint density at radius 2 is 2.12 bits per heavy atom. The van der Waals surface area contributed by atoms with E-state index in [0.29, 0.717) is 5.71 Å². The van der Waals surface area contributed by atoms with E-state index in [9.17, 15) is 0 Å². The molecule has 0 fully saturated rings. The van der Waals surface area contributed by atoms with Crippen molar-refractivity contribution in [2.45, 2.75) is 13.8 Å². The van der Waals surface area contributed by atoms with E-state index < -0.39 is 0 Å². The minimum atomic E-state index is 0.572. The van der Waals surface area contributed by atoms with Crippen molar-refractivity contribution in [1.82, 2.24) is 0 Å². The standard InChI is InChI=1S/C7H11N/c1-4-7(5-2)6(3)8/h4-5,8H,1H2,2-3H3/b7-5+,8-6?. The molecular weight excluding hydrogens is 98.1 g/mol. The van der Waals surface area contributed by atoms with Gasteiger partial charge in [-0.15, -0.1) is 0 Å². The van der Waals surface area contributed by atoms with Crippen LogP contribution in [-0.2, 0) is 0 Å². The first-order valence-electron chi connectivity index (χ1n) is 2.56. The van der Waals surface area contributed by atoms with Gasteiger partial charge in [-0.1, -0.05) is 18.7 Å². The Kier molecular flexibility index (Phi) is 2.85. The van der Waals surface area contributed by atoms with Gasteiger partial charge in [0.05, 0.1) is 0 Å². The highest BCUT2D eigenvalue weighted by Crippen LogP contribution is 1.95. The van der Waals surface area contributed by atoms with Gasteiger partial charge in [0.2, 0.25) is 0 Å². The van der Waals surface area contributed by atoms with Gasteiger partial charge >= 0.3 is 0 Å². The highest BCUT2D eigenvalue weighted by Gasteiger charge is 1.87. The SMILES string of the molecule is C=C/C(=C\C)C(C)=N. The lowest BCUT2D eigenvalue weighted by molar-refractivity contribution is 1.46. The van der Waals surface area contributed by atoms with Crippen LogP contribution < -0.4 is 0 Å². The minimum absolute atomic E-state index is 0.572. The Morgan fingerprint density at radius 3 is 2.12 bits per heavy atom. The lowest BCUT2D eigenvalue weighted by Crippen LogP contribution is -1.88. The molecule has 0 aliphatic carbocycles. The first kappa shape index (κ1) is 7.15. The van der Waals surface area contributed by atoms with Gasteiger partial charge < -0.3 is 5.41 Å². The van der Waals surface area contributed by atoms with E-state index in [0.717, 1.165) is 5.57 Å². The molecule has 0 bridgehead atoms. The molecule has 1 nitrogen and oxygen atoms in total. The maximum atomic E-state index is 7.11. The Labute approximate surface area is 50.2 Å². The molecule has 0 heterocycles. The summed E-state index contributed by atoms with van der Waals surface area (Å²) in [6.45, 7) is 7.19. The highest BCUT2D eigenvalue weighted by atomic mass is 14.4. The molecule has 0 aromatic heterocycles. The summed E-state index contributed by atoms with van der Waals surface area (Å²) in [6.07, 6.45) is 3.55. The third kappa shape index (κ3) is 1.73. The van der Waals surface area contributed by atoms with E-state index in [4.69, 9.17) is 5.41 Å². The average molecular weight is 109 g/mol. The average Bonchev–Trinajstić information content (AvgIpc) is 1.69. The van der Waals surface area contributed by atoms with Crippen molar-refractivity contribution in [3.8, 4) is 0 Å². The van der Waals surface area contributed by atoms with Crippen molar-refractivity contribution in [1.29, 1.82) is 5.41 Å². The van der Waals surface area contributed by atoms with Gasteiger partial charge in [0.25, 0.3) is 0 Å². The van der Waals surface area contributed by atoms with Crippen LogP contribution in [0.25, 0.3) is 0 Å². The molecule has 0 rings (SSSR count). The van der Waals surface area contributed by atoms with E-state index in [2.05, 4.69) is 6.58 Å². The Hall–Kier alpha value is -0.850. The second-order valence-electron chi connectivity index (χ2n) is 1.57. The van der Waals surface area contributed by atoms with Crippen LogP contribution in [-0.4, -0.2) is 5.71 Å². The topological polar surface area (TPSA) is 23.9 Å². The first-order valence-corrected chi connectivity index (χ1v) is 2.56. The number of allylic oxidation sites excluding steroid dienone is 3. The van der Waals surface area contributed by atoms with Gasteiger partial charge in [0, 0.05) is 5.71 Å². The van der Waals surface area contributed by atoms with Crippen molar-refractivity contribution in [2.75, 3.05) is 0 Å². The molecule has 0 saturated heterocycles. The van der Waals surface area contributed by atoms with Crippen molar-refractivity contribution >= 4 is 5.71 Å². The van der Waals surface area contributed by atoms with Crippen LogP contribution in [0.5, 0.6) is 0 Å². The van der Waals surface area contributed by atoms with Crippen molar-refractivity contribution in [3.63, 3.8) is 0 Å². The van der Waals surface area contributed by atoms with Gasteiger partial charge in [0.1, 0.15) is 0 Å². The molecular formula is C7H11N. The fraction of sp³-hybridized carbons (Fsp3) is 0.286. The van der Waals surface area contributed by atoms with Gasteiger partial charge in [-0.2, -0.15) is 0 Å². The number of hydrogen-bond donors (Lipinski definition) is 1. The Bertz CT molecular complexity index is 131. The van der Waals surface area contributed by atoms with E-state index >= 15 is 0 Å². The number of rotatable bonds is 2. The molecule has 0 radical (unpaired) electrons. The van der Waals surface area contributed by atoms with Gasteiger partial charge in [-0.05, 0) is 19.4 Å². The molecule has 0 aromatic rings. The zero-order valence-corrected chi connectivity index (χ0v) is 5.36. The molecule has 0 saturated carbocycles. The van der Waals surface area contributed by atoms with Crippen molar-refractivity contribution in [2.24, 2.45) is 0 Å². The van der Waals surface area contributed by atoms with Gasteiger partial charge in [-0.25, -0.2) is 0 Å². The maximum absolute atomic E-state index is 7.11. The van der Waals surface area contributed by atoms with E-state index in [1.54, 1.807) is 13.0 Å². The monoisotopic (exact) mass is 109 g/mol. The summed E-state index contributed by atoms with van der Waals surface area (Å²) < 4.78 is 0. The summed E-state index contributed by atoms with van der Waals surface area (Å²) in [6, 6.07) is 0. The van der Waals surface area contributed by atoms with Crippen LogP contribution >= 0.6 is 0 Å². The predicted octanol–water partition coefficient (Wildman–Crippen LogP) is 2.16. The number of hydrogen-bond acceptors (Lipinski definition) is 1. The fourth-order valence-electron chi connectivity index (χ4n) is 0.487. The van der Waals surface area contributed by atoms with Crippen LogP contribution in [0.3, 0.4) is 0 Å². The molecule has 44 valence electrons. The second-order valence-corrected chi connectivity index (χ2v) is 1.57. The summed E-state index contributed by atoms with van der Waals surface area (Å²) in [5.41, 5.74) is 1.48. The van der Waals surface area contributed by atoms with Crippen LogP contribution in [0.2, 0.25) is 0 Å². The number of nitrogens with one attached hydrogen (secondary N) is 1. The Balaban J connectivity index is 4.13. The molecule has 0 aliphatic rings. The quantitative estimate of drug-likeness (QED) is 0.415. The third-order valence-corrected chi connectivity index (χ3v) is 0.964. The first-order chi connectivity index (χ1) is 3.72. The molecule has 1 heteroatoms. The van der Waals surface area contributed by atoms with E-state index in [1.165, 1.54) is 0 Å². The molecule has 1 N–H and O–H groups in total. The van der Waals surface area contributed by atoms with Crippen LogP contribution in [0, 0.1) is 5.41 Å². The van der Waals surface area contributed by atoms with E-state index in [1.807, 2.05) is 13.0 Å². The minimum Gasteiger partial charge on any atom is -0.305 e. The van der Waals surface area contributed by atoms with Crippen LogP contribution in [0.1, 0.15) is 13.8 Å². The molecule has 0 aromatic carbocycles. The largest absolute Gasteiger partial charge is 0.305 e. The molecule has 0 unspecified atom stereocenters. The second kappa shape index (κ2) is 3.19. The lowest BCUT2D eigenvalue weighted by atomic mass is 10.2. The predicted molar refractivity (Wildman–Crippen MR) is 37.4 cm³/mol. The molecule has 0 atom stereocenters. The van der Waals surface area contributed by atoms with Gasteiger partial charge in [-0.3, -0.25) is 0 Å². The summed E-state index contributed by atoms with van der Waals surface area (Å²) in [4.78, 5) is 0. The zero-order valence-electron chi connectivity index (χ0n) is 5.36. The summed E-state index contributed by atoms with van der Waals surface area (Å²) in [5.74, 6) is 0. The van der Waals surface area contributed by atoms with Gasteiger partial charge in [0.15, 0.2) is 0 Å². The van der Waals surface area contributed by atoms with Crippen LogP contribution in [0.4, 0.5) is 0 Å². The zero-order chi connectivity index (χ0) is 6.57. The summed E-state index contributed by atoms with van der Waals surface area (Å²) >= 11 is 0. The fourth-order valence-corrected chi connectivity index (χ4v) is 0.487. The maximum Gasteiger partial charge on any atom is 0.0351 e. The van der Waals surface area contributed by atoms with Crippen molar-refractivity contribution in [3.05, 3.63) is 24.3 Å². The Morgan fingerprint density at radius 1 is 1.62 bits per heavy atom. The highest BCUT2D eigenvalue weighted by molar-refractivity contribution is 5.97. The van der Waals surface area contributed by atoms with Crippen LogP contribution in [0.15, 0.2) is 24.3 Å². The molecule has 8 heavy (non-hydrogen) atoms. The normalized spacial score (nSPS) is 11.0. The smallest absolute Gasteiger partial charge is 0.0351 e. The summed E-state index contributed by atoms with van der Waals surface area (Å²) in [5, 5.41) is 7.11. The molecule has 0 spiro atoms. The molecule has 0 aliphatic heterocycles. The summed E-state index contributed by atoms with van der Waals surface area (Å²) in [7, 11) is 0. The molecule has 0 amide bonds. The third-order valence-electron chi connectivity index (χ3n) is 0.964. The lowest BCUT2D eigenvalue weighted by Gasteiger charge is -1.92. The van der Waals surface area contributed by atoms with Crippen molar-refractivity contribution < 1.29 is 0 Å². The van der Waals surface area contributed by atoms with E-state index in [-0.39, 0.29) is 0 Å².